The number of hydrogen-bond acceptors (Lipinski definition) is 4. The summed E-state index contributed by atoms with van der Waals surface area (Å²) in [5.74, 6) is -2.75. The number of para-hydroxylation sites is 1. The van der Waals surface area contributed by atoms with Crippen LogP contribution in [0.25, 0.3) is 10.9 Å². The van der Waals surface area contributed by atoms with Crippen molar-refractivity contribution >= 4 is 28.7 Å². The molecule has 7 nitrogen and oxygen atoms in total. The molecule has 0 saturated carbocycles. The van der Waals surface area contributed by atoms with E-state index in [9.17, 15) is 19.5 Å². The van der Waals surface area contributed by atoms with Crippen molar-refractivity contribution in [1.29, 1.82) is 0 Å². The molecule has 136 valence electrons. The Morgan fingerprint density at radius 2 is 1.67 bits per heavy atom. The van der Waals surface area contributed by atoms with Crippen molar-refractivity contribution in [3.05, 3.63) is 77.5 Å². The number of aromatic nitrogens is 1. The second-order valence-electron chi connectivity index (χ2n) is 5.95. The van der Waals surface area contributed by atoms with Crippen LogP contribution in [0.3, 0.4) is 0 Å². The van der Waals surface area contributed by atoms with Gasteiger partial charge in [-0.05, 0) is 29.8 Å². The molecule has 0 bridgehead atoms. The molecule has 3 aromatic rings. The maximum atomic E-state index is 12.6. The summed E-state index contributed by atoms with van der Waals surface area (Å²) in [5, 5.41) is 21.5. The molecule has 3 N–H and O–H groups in total. The van der Waals surface area contributed by atoms with Gasteiger partial charge in [0.25, 0.3) is 5.91 Å². The maximum absolute atomic E-state index is 12.6. The average molecular weight is 364 g/mol. The number of fused-ring (bicyclic) bond motifs is 1. The first-order chi connectivity index (χ1) is 13.0. The van der Waals surface area contributed by atoms with Gasteiger partial charge in [-0.3, -0.25) is 9.78 Å². The van der Waals surface area contributed by atoms with E-state index in [4.69, 9.17) is 5.11 Å². The van der Waals surface area contributed by atoms with Crippen molar-refractivity contribution in [1.82, 2.24) is 10.3 Å². The Kier molecular flexibility index (Phi) is 5.12. The Bertz CT molecular complexity index is 1010. The molecule has 0 fully saturated rings. The number of carboxylic acids is 2. The number of nitrogens with one attached hydrogen (secondary N) is 1. The van der Waals surface area contributed by atoms with Gasteiger partial charge in [0.2, 0.25) is 0 Å². The molecule has 3 rings (SSSR count). The quantitative estimate of drug-likeness (QED) is 0.618. The first-order valence-corrected chi connectivity index (χ1v) is 8.15. The number of aliphatic carboxylic acids is 1. The molecule has 0 aliphatic heterocycles. The van der Waals surface area contributed by atoms with E-state index in [1.165, 1.54) is 36.5 Å². The Morgan fingerprint density at radius 3 is 2.33 bits per heavy atom. The molecular formula is C20H16N2O5. The van der Waals surface area contributed by atoms with E-state index < -0.39 is 23.9 Å². The van der Waals surface area contributed by atoms with Gasteiger partial charge in [0, 0.05) is 18.0 Å². The van der Waals surface area contributed by atoms with Gasteiger partial charge in [-0.15, -0.1) is 0 Å². The number of amides is 1. The van der Waals surface area contributed by atoms with E-state index in [1.807, 2.05) is 0 Å². The van der Waals surface area contributed by atoms with Gasteiger partial charge in [0.05, 0.1) is 16.6 Å². The normalized spacial score (nSPS) is 11.7. The topological polar surface area (TPSA) is 117 Å². The van der Waals surface area contributed by atoms with Crippen molar-refractivity contribution in [3.8, 4) is 0 Å². The summed E-state index contributed by atoms with van der Waals surface area (Å²) in [6, 6.07) is 13.3. The SMILES string of the molecule is O=C(O)c1ccc(C[C@@H](NC(=O)c2ccnc3ccccc23)C(=O)O)cc1. The van der Waals surface area contributed by atoms with Crippen molar-refractivity contribution in [2.24, 2.45) is 0 Å². The first kappa shape index (κ1) is 18.1. The van der Waals surface area contributed by atoms with E-state index >= 15 is 0 Å². The third-order valence-corrected chi connectivity index (χ3v) is 4.14. The zero-order valence-corrected chi connectivity index (χ0v) is 14.1. The van der Waals surface area contributed by atoms with Gasteiger partial charge in [-0.25, -0.2) is 9.59 Å². The number of carboxylic acid groups (broad SMARTS) is 2. The standard InChI is InChI=1S/C20H16N2O5/c23-18(15-9-10-21-16-4-2-1-3-14(15)16)22-17(20(26)27)11-12-5-7-13(8-6-12)19(24)25/h1-10,17H,11H2,(H,22,23)(H,24,25)(H,26,27)/t17-/m1/s1. The number of nitrogens with zero attached hydrogens (tertiary/aromatic N) is 1. The number of rotatable bonds is 6. The third kappa shape index (κ3) is 4.09. The monoisotopic (exact) mass is 364 g/mol. The van der Waals surface area contributed by atoms with E-state index in [1.54, 1.807) is 24.3 Å². The molecule has 0 unspecified atom stereocenters. The predicted molar refractivity (Wildman–Crippen MR) is 97.7 cm³/mol. The van der Waals surface area contributed by atoms with Crippen LogP contribution in [0.15, 0.2) is 60.8 Å². The summed E-state index contributed by atoms with van der Waals surface area (Å²) >= 11 is 0. The minimum absolute atomic E-state index is 0.0317. The fourth-order valence-electron chi connectivity index (χ4n) is 2.75. The lowest BCUT2D eigenvalue weighted by atomic mass is 10.0. The molecule has 1 amide bonds. The second kappa shape index (κ2) is 7.65. The number of carbonyl (C=O) groups excluding carboxylic acids is 1. The molecule has 0 saturated heterocycles. The molecule has 1 heterocycles. The summed E-state index contributed by atoms with van der Waals surface area (Å²) in [7, 11) is 0. The van der Waals surface area contributed by atoms with Crippen LogP contribution in [-0.2, 0) is 11.2 Å². The fourth-order valence-corrected chi connectivity index (χ4v) is 2.75. The Balaban J connectivity index is 1.80. The smallest absolute Gasteiger partial charge is 0.335 e. The van der Waals surface area contributed by atoms with Crippen LogP contribution in [0.1, 0.15) is 26.3 Å². The van der Waals surface area contributed by atoms with Crippen molar-refractivity contribution in [2.75, 3.05) is 0 Å². The zero-order chi connectivity index (χ0) is 19.4. The molecule has 2 aromatic carbocycles. The molecular weight excluding hydrogens is 348 g/mol. The first-order valence-electron chi connectivity index (χ1n) is 8.15. The second-order valence-corrected chi connectivity index (χ2v) is 5.95. The van der Waals surface area contributed by atoms with E-state index in [-0.39, 0.29) is 12.0 Å². The zero-order valence-electron chi connectivity index (χ0n) is 14.1. The predicted octanol–water partition coefficient (Wildman–Crippen LogP) is 2.36. The minimum atomic E-state index is -1.18. The number of aromatic carboxylic acids is 1. The number of hydrogen-bond donors (Lipinski definition) is 3. The Labute approximate surface area is 154 Å². The Morgan fingerprint density at radius 1 is 0.963 bits per heavy atom. The van der Waals surface area contributed by atoms with Gasteiger partial charge in [0.1, 0.15) is 6.04 Å². The van der Waals surface area contributed by atoms with Gasteiger partial charge in [0.15, 0.2) is 0 Å². The lowest BCUT2D eigenvalue weighted by molar-refractivity contribution is -0.139. The van der Waals surface area contributed by atoms with Crippen LogP contribution in [0.5, 0.6) is 0 Å². The number of pyridine rings is 1. The van der Waals surface area contributed by atoms with Crippen LogP contribution in [-0.4, -0.2) is 39.1 Å². The van der Waals surface area contributed by atoms with Gasteiger partial charge < -0.3 is 15.5 Å². The average Bonchev–Trinajstić information content (AvgIpc) is 2.67. The highest BCUT2D eigenvalue weighted by atomic mass is 16.4. The summed E-state index contributed by atoms with van der Waals surface area (Å²) in [6.45, 7) is 0. The minimum Gasteiger partial charge on any atom is -0.480 e. The summed E-state index contributed by atoms with van der Waals surface area (Å²) in [4.78, 5) is 39.3. The molecule has 1 atom stereocenters. The number of carbonyl (C=O) groups is 3. The van der Waals surface area contributed by atoms with Gasteiger partial charge >= 0.3 is 11.9 Å². The summed E-state index contributed by atoms with van der Waals surface area (Å²) in [5.41, 5.74) is 1.69. The van der Waals surface area contributed by atoms with Crippen LogP contribution >= 0.6 is 0 Å². The summed E-state index contributed by atoms with van der Waals surface area (Å²) in [6.07, 6.45) is 1.53. The highest BCUT2D eigenvalue weighted by molar-refractivity contribution is 6.07. The van der Waals surface area contributed by atoms with E-state index in [2.05, 4.69) is 10.3 Å². The molecule has 1 aromatic heterocycles. The van der Waals surface area contributed by atoms with Gasteiger partial charge in [-0.2, -0.15) is 0 Å². The summed E-state index contributed by atoms with van der Waals surface area (Å²) < 4.78 is 0. The van der Waals surface area contributed by atoms with Gasteiger partial charge in [-0.1, -0.05) is 30.3 Å². The maximum Gasteiger partial charge on any atom is 0.335 e. The molecule has 0 aliphatic carbocycles. The lowest BCUT2D eigenvalue weighted by Crippen LogP contribution is -2.42. The van der Waals surface area contributed by atoms with Crippen molar-refractivity contribution < 1.29 is 24.6 Å². The van der Waals surface area contributed by atoms with E-state index in [0.717, 1.165) is 0 Å². The Hall–Kier alpha value is -3.74. The molecule has 0 radical (unpaired) electrons. The van der Waals surface area contributed by atoms with Crippen molar-refractivity contribution in [2.45, 2.75) is 12.5 Å². The molecule has 7 heteroatoms. The van der Waals surface area contributed by atoms with Crippen LogP contribution < -0.4 is 5.32 Å². The van der Waals surface area contributed by atoms with Crippen LogP contribution in [0.4, 0.5) is 0 Å². The molecule has 27 heavy (non-hydrogen) atoms. The van der Waals surface area contributed by atoms with Crippen molar-refractivity contribution in [3.63, 3.8) is 0 Å². The highest BCUT2D eigenvalue weighted by Gasteiger charge is 2.22. The lowest BCUT2D eigenvalue weighted by Gasteiger charge is -2.15. The van der Waals surface area contributed by atoms with Crippen LogP contribution in [0.2, 0.25) is 0 Å². The largest absolute Gasteiger partial charge is 0.480 e. The molecule has 0 spiro atoms. The highest BCUT2D eigenvalue weighted by Crippen LogP contribution is 2.16. The molecule has 0 aliphatic rings. The van der Waals surface area contributed by atoms with Crippen LogP contribution in [0, 0.1) is 0 Å². The number of benzene rings is 2. The third-order valence-electron chi connectivity index (χ3n) is 4.14. The fraction of sp³-hybridized carbons (Fsp3) is 0.100. The van der Waals surface area contributed by atoms with E-state index in [0.29, 0.717) is 22.0 Å².